The van der Waals surface area contributed by atoms with Crippen molar-refractivity contribution in [3.05, 3.63) is 66.2 Å². The predicted molar refractivity (Wildman–Crippen MR) is 122 cm³/mol. The number of benzene rings is 1. The number of Topliss-reactive ketones (excluding diaryl/α,β-unsaturated/α-hetero) is 1. The Balaban J connectivity index is 1.47. The number of ether oxygens (including phenoxy) is 3. The molecule has 1 aliphatic rings. The molecule has 0 amide bonds. The fraction of sp³-hybridized carbons (Fsp3) is 0.280. The number of pyridine rings is 1. The fourth-order valence-corrected chi connectivity index (χ4v) is 3.88. The maximum absolute atomic E-state index is 13.2. The van der Waals surface area contributed by atoms with Crippen LogP contribution < -0.4 is 14.2 Å². The molecular formula is C25H22F2N4O4. The summed E-state index contributed by atoms with van der Waals surface area (Å²) in [7, 11) is 1.40. The number of imidazole rings is 1. The first-order valence-corrected chi connectivity index (χ1v) is 11.1. The summed E-state index contributed by atoms with van der Waals surface area (Å²) in [5.41, 5.74) is 2.43. The van der Waals surface area contributed by atoms with E-state index in [0.717, 1.165) is 12.8 Å². The van der Waals surface area contributed by atoms with Crippen molar-refractivity contribution in [3.63, 3.8) is 0 Å². The molecule has 1 saturated carbocycles. The molecule has 5 rings (SSSR count). The van der Waals surface area contributed by atoms with Crippen LogP contribution >= 0.6 is 0 Å². The summed E-state index contributed by atoms with van der Waals surface area (Å²) in [6.07, 6.45) is 7.16. The molecule has 0 saturated heterocycles. The molecule has 0 unspecified atom stereocenters. The maximum atomic E-state index is 13.2. The largest absolute Gasteiger partial charge is 0.496 e. The van der Waals surface area contributed by atoms with Gasteiger partial charge in [0.1, 0.15) is 40.8 Å². The second-order valence-electron chi connectivity index (χ2n) is 8.24. The molecule has 8 nitrogen and oxygen atoms in total. The highest BCUT2D eigenvalue weighted by Gasteiger charge is 2.29. The summed E-state index contributed by atoms with van der Waals surface area (Å²) in [6.45, 7) is -2.84. The minimum Gasteiger partial charge on any atom is -0.496 e. The Bertz CT molecular complexity index is 1360. The topological polar surface area (TPSA) is 87.8 Å². The van der Waals surface area contributed by atoms with Gasteiger partial charge in [-0.3, -0.25) is 9.20 Å². The lowest BCUT2D eigenvalue weighted by atomic mass is 10.00. The van der Waals surface area contributed by atoms with Crippen LogP contribution in [0.15, 0.2) is 55.0 Å². The summed E-state index contributed by atoms with van der Waals surface area (Å²) < 4.78 is 44.2. The molecule has 1 aromatic carbocycles. The summed E-state index contributed by atoms with van der Waals surface area (Å²) in [5.74, 6) is 0.576. The molecule has 4 aromatic rings. The molecule has 180 valence electrons. The first-order valence-electron chi connectivity index (χ1n) is 11.1. The Morgan fingerprint density at radius 2 is 2.03 bits per heavy atom. The number of nitrogens with zero attached hydrogens (tertiary/aromatic N) is 4. The van der Waals surface area contributed by atoms with Crippen LogP contribution in [0, 0.1) is 5.92 Å². The predicted octanol–water partition coefficient (Wildman–Crippen LogP) is 4.96. The molecule has 1 aliphatic carbocycles. The van der Waals surface area contributed by atoms with Crippen molar-refractivity contribution in [2.45, 2.75) is 32.5 Å². The minimum absolute atomic E-state index is 0.0389. The van der Waals surface area contributed by atoms with Gasteiger partial charge in [-0.15, -0.1) is 0 Å². The van der Waals surface area contributed by atoms with Gasteiger partial charge in [-0.1, -0.05) is 0 Å². The summed E-state index contributed by atoms with van der Waals surface area (Å²) in [6, 6.07) is 10.2. The van der Waals surface area contributed by atoms with E-state index in [4.69, 9.17) is 14.2 Å². The molecular weight excluding hydrogens is 458 g/mol. The van der Waals surface area contributed by atoms with E-state index in [1.807, 2.05) is 6.07 Å². The van der Waals surface area contributed by atoms with E-state index in [1.54, 1.807) is 47.3 Å². The highest BCUT2D eigenvalue weighted by atomic mass is 19.3. The zero-order valence-corrected chi connectivity index (χ0v) is 18.9. The highest BCUT2D eigenvalue weighted by molar-refractivity contribution is 6.02. The Morgan fingerprint density at radius 1 is 1.20 bits per heavy atom. The molecule has 35 heavy (non-hydrogen) atoms. The summed E-state index contributed by atoms with van der Waals surface area (Å²) in [4.78, 5) is 17.3. The van der Waals surface area contributed by atoms with Gasteiger partial charge in [0, 0.05) is 30.4 Å². The van der Waals surface area contributed by atoms with Crippen LogP contribution in [-0.4, -0.2) is 39.1 Å². The van der Waals surface area contributed by atoms with Crippen molar-refractivity contribution in [1.82, 2.24) is 19.6 Å². The number of methoxy groups -OCH3 is 1. The number of ketones is 1. The van der Waals surface area contributed by atoms with Gasteiger partial charge in [-0.05, 0) is 49.1 Å². The van der Waals surface area contributed by atoms with E-state index in [9.17, 15) is 13.6 Å². The second kappa shape index (κ2) is 9.65. The first kappa shape index (κ1) is 22.7. The Hall–Kier alpha value is -4.08. The van der Waals surface area contributed by atoms with Crippen LogP contribution in [0.4, 0.5) is 8.78 Å². The number of alkyl halides is 2. The molecule has 10 heteroatoms. The fourth-order valence-electron chi connectivity index (χ4n) is 3.88. The maximum Gasteiger partial charge on any atom is 0.387 e. The molecule has 0 atom stereocenters. The molecule has 3 heterocycles. The van der Waals surface area contributed by atoms with Crippen LogP contribution in [0.3, 0.4) is 0 Å². The van der Waals surface area contributed by atoms with Gasteiger partial charge in [0.2, 0.25) is 0 Å². The van der Waals surface area contributed by atoms with Crippen molar-refractivity contribution >= 4 is 11.4 Å². The third kappa shape index (κ3) is 5.06. The first-order chi connectivity index (χ1) is 17.0. The van der Waals surface area contributed by atoms with Crippen LogP contribution in [0.1, 0.15) is 35.3 Å². The average Bonchev–Trinajstić information content (AvgIpc) is 3.57. The highest BCUT2D eigenvalue weighted by Crippen LogP contribution is 2.40. The van der Waals surface area contributed by atoms with Crippen molar-refractivity contribution < 1.29 is 27.8 Å². The summed E-state index contributed by atoms with van der Waals surface area (Å²) in [5, 5.41) is 7.81. The van der Waals surface area contributed by atoms with Crippen molar-refractivity contribution in [2.75, 3.05) is 7.11 Å². The van der Waals surface area contributed by atoms with Crippen LogP contribution in [0.2, 0.25) is 0 Å². The lowest BCUT2D eigenvalue weighted by Gasteiger charge is -2.16. The quantitative estimate of drug-likeness (QED) is 0.296. The van der Waals surface area contributed by atoms with Crippen molar-refractivity contribution in [3.8, 4) is 28.5 Å². The Kier molecular flexibility index (Phi) is 6.26. The number of rotatable bonds is 10. The van der Waals surface area contributed by atoms with Crippen LogP contribution in [0.5, 0.6) is 17.2 Å². The summed E-state index contributed by atoms with van der Waals surface area (Å²) >= 11 is 0. The van der Waals surface area contributed by atoms with E-state index >= 15 is 0 Å². The van der Waals surface area contributed by atoms with Gasteiger partial charge in [0.15, 0.2) is 5.78 Å². The second-order valence-corrected chi connectivity index (χ2v) is 8.24. The third-order valence-corrected chi connectivity index (χ3v) is 5.75. The molecule has 3 aromatic heterocycles. The zero-order valence-electron chi connectivity index (χ0n) is 18.9. The van der Waals surface area contributed by atoms with Gasteiger partial charge in [-0.25, -0.2) is 4.98 Å². The number of aromatic nitrogens is 4. The van der Waals surface area contributed by atoms with Crippen molar-refractivity contribution in [2.24, 2.45) is 5.92 Å². The molecule has 0 aliphatic heterocycles. The van der Waals surface area contributed by atoms with E-state index < -0.39 is 6.61 Å². The molecule has 0 bridgehead atoms. The number of halogens is 2. The smallest absolute Gasteiger partial charge is 0.387 e. The van der Waals surface area contributed by atoms with Crippen LogP contribution in [-0.2, 0) is 6.61 Å². The van der Waals surface area contributed by atoms with E-state index in [-0.39, 0.29) is 41.8 Å². The van der Waals surface area contributed by atoms with Crippen LogP contribution in [0.25, 0.3) is 16.9 Å². The van der Waals surface area contributed by atoms with E-state index in [1.165, 1.54) is 13.2 Å². The van der Waals surface area contributed by atoms with Gasteiger partial charge in [0.25, 0.3) is 0 Å². The van der Waals surface area contributed by atoms with Gasteiger partial charge in [-0.2, -0.15) is 19.0 Å². The number of hydrogen-bond acceptors (Lipinski definition) is 7. The van der Waals surface area contributed by atoms with Crippen molar-refractivity contribution in [1.29, 1.82) is 0 Å². The zero-order chi connectivity index (χ0) is 24.4. The lowest BCUT2D eigenvalue weighted by Crippen LogP contribution is -2.11. The molecule has 0 radical (unpaired) electrons. The number of carbonyl (C=O) groups excluding carboxylic acids is 1. The number of carbonyl (C=O) groups is 1. The molecule has 0 spiro atoms. The number of hydrogen-bond donors (Lipinski definition) is 0. The minimum atomic E-state index is -3.08. The molecule has 1 fully saturated rings. The molecule has 0 N–H and O–H groups in total. The normalized spacial score (nSPS) is 13.3. The standard InChI is InChI=1S/C25H22F2N4O4/c1-33-21-10-16(11-22(35-25(26)27)24(21)20(32)9-15-4-5-15)19-13-28-23-12-18(6-8-31(19)23)34-14-17-3-2-7-29-30-17/h2-3,6-8,10-13,15,25H,4-5,9,14H2,1H3. The third-order valence-electron chi connectivity index (χ3n) is 5.75. The van der Waals surface area contributed by atoms with E-state index in [2.05, 4.69) is 15.2 Å². The average molecular weight is 480 g/mol. The Morgan fingerprint density at radius 3 is 2.74 bits per heavy atom. The van der Waals surface area contributed by atoms with Gasteiger partial charge >= 0.3 is 6.61 Å². The Labute approximate surface area is 199 Å². The lowest BCUT2D eigenvalue weighted by molar-refractivity contribution is -0.0502. The van der Waals surface area contributed by atoms with Gasteiger partial charge in [0.05, 0.1) is 19.0 Å². The SMILES string of the molecule is COc1cc(-c2cnc3cc(OCc4cccnn4)ccn23)cc(OC(F)F)c1C(=O)CC1CC1. The number of fused-ring (bicyclic) bond motifs is 1. The monoisotopic (exact) mass is 480 g/mol. The van der Waals surface area contributed by atoms with Gasteiger partial charge < -0.3 is 14.2 Å². The van der Waals surface area contributed by atoms with E-state index in [0.29, 0.717) is 28.3 Å².